The maximum Gasteiger partial charge on any atom is 0.256 e. The van der Waals surface area contributed by atoms with Crippen LogP contribution in [0.4, 0.5) is 0 Å². The predicted octanol–water partition coefficient (Wildman–Crippen LogP) is 4.65. The molecule has 0 unspecified atom stereocenters. The Bertz CT molecular complexity index is 721. The zero-order chi connectivity index (χ0) is 17.8. The van der Waals surface area contributed by atoms with E-state index in [4.69, 9.17) is 34.8 Å². The third-order valence-electron chi connectivity index (χ3n) is 4.47. The zero-order valence-corrected chi connectivity index (χ0v) is 16.0. The first-order valence-corrected chi connectivity index (χ1v) is 9.38. The molecule has 1 aliphatic heterocycles. The van der Waals surface area contributed by atoms with Crippen LogP contribution in [0.3, 0.4) is 0 Å². The number of rotatable bonds is 4. The maximum absolute atomic E-state index is 12.7. The number of nitrogens with zero attached hydrogens (tertiary/aromatic N) is 2. The molecule has 25 heavy (non-hydrogen) atoms. The van der Waals surface area contributed by atoms with Gasteiger partial charge in [0.05, 0.1) is 15.6 Å². The number of carbonyl (C=O) groups is 1. The van der Waals surface area contributed by atoms with Crippen LogP contribution in [0.25, 0.3) is 0 Å². The van der Waals surface area contributed by atoms with Crippen LogP contribution in [-0.2, 0) is 6.42 Å². The summed E-state index contributed by atoms with van der Waals surface area (Å²) in [4.78, 5) is 16.9. The lowest BCUT2D eigenvalue weighted by Gasteiger charge is -2.35. The summed E-state index contributed by atoms with van der Waals surface area (Å²) in [5.41, 5.74) is 1.67. The van der Waals surface area contributed by atoms with Crippen molar-refractivity contribution in [2.75, 3.05) is 32.7 Å². The second kappa shape index (κ2) is 8.41. The van der Waals surface area contributed by atoms with Gasteiger partial charge in [-0.25, -0.2) is 0 Å². The van der Waals surface area contributed by atoms with E-state index < -0.39 is 0 Å². The van der Waals surface area contributed by atoms with Gasteiger partial charge in [0.15, 0.2) is 0 Å². The highest BCUT2D eigenvalue weighted by Gasteiger charge is 2.25. The van der Waals surface area contributed by atoms with Crippen LogP contribution in [0.1, 0.15) is 15.9 Å². The lowest BCUT2D eigenvalue weighted by molar-refractivity contribution is 0.0639. The molecule has 3 nitrogen and oxygen atoms in total. The number of piperazine rings is 1. The average molecular weight is 398 g/mol. The first kappa shape index (κ1) is 18.5. The van der Waals surface area contributed by atoms with Crippen LogP contribution in [0, 0.1) is 0 Å². The minimum Gasteiger partial charge on any atom is -0.336 e. The largest absolute Gasteiger partial charge is 0.336 e. The van der Waals surface area contributed by atoms with E-state index in [1.807, 2.05) is 17.0 Å². The standard InChI is InChI=1S/C19H19Cl3N2O/c20-15-6-4-14(5-7-15)8-9-23-10-12-24(13-11-23)19(25)18-16(21)2-1-3-17(18)22/h1-7H,8-13H2. The molecule has 0 N–H and O–H groups in total. The molecule has 0 aromatic heterocycles. The van der Waals surface area contributed by atoms with E-state index in [0.717, 1.165) is 31.1 Å². The van der Waals surface area contributed by atoms with Gasteiger partial charge < -0.3 is 4.90 Å². The highest BCUT2D eigenvalue weighted by Crippen LogP contribution is 2.26. The van der Waals surface area contributed by atoms with Gasteiger partial charge >= 0.3 is 0 Å². The number of hydrogen-bond acceptors (Lipinski definition) is 2. The Morgan fingerprint density at radius 1 is 0.880 bits per heavy atom. The summed E-state index contributed by atoms with van der Waals surface area (Å²) in [5.74, 6) is -0.0899. The summed E-state index contributed by atoms with van der Waals surface area (Å²) in [7, 11) is 0. The topological polar surface area (TPSA) is 23.6 Å². The summed E-state index contributed by atoms with van der Waals surface area (Å²) in [5, 5.41) is 1.57. The van der Waals surface area contributed by atoms with E-state index >= 15 is 0 Å². The molecule has 2 aromatic carbocycles. The van der Waals surface area contributed by atoms with E-state index in [1.165, 1.54) is 5.56 Å². The average Bonchev–Trinajstić information content (AvgIpc) is 2.61. The van der Waals surface area contributed by atoms with Gasteiger partial charge in [0.25, 0.3) is 5.91 Å². The van der Waals surface area contributed by atoms with Crippen LogP contribution < -0.4 is 0 Å². The van der Waals surface area contributed by atoms with E-state index in [2.05, 4.69) is 17.0 Å². The van der Waals surface area contributed by atoms with E-state index in [9.17, 15) is 4.79 Å². The normalized spacial score (nSPS) is 15.4. The fourth-order valence-corrected chi connectivity index (χ4v) is 3.66. The molecule has 1 heterocycles. The number of carbonyl (C=O) groups excluding carboxylic acids is 1. The number of benzene rings is 2. The molecule has 0 aliphatic carbocycles. The van der Waals surface area contributed by atoms with Gasteiger partial charge in [0.2, 0.25) is 0 Å². The van der Waals surface area contributed by atoms with Gasteiger partial charge in [0.1, 0.15) is 0 Å². The summed E-state index contributed by atoms with van der Waals surface area (Å²) in [6.45, 7) is 4.03. The smallest absolute Gasteiger partial charge is 0.256 e. The quantitative estimate of drug-likeness (QED) is 0.750. The van der Waals surface area contributed by atoms with Gasteiger partial charge in [-0.05, 0) is 36.2 Å². The van der Waals surface area contributed by atoms with Gasteiger partial charge in [-0.2, -0.15) is 0 Å². The first-order valence-electron chi connectivity index (χ1n) is 8.24. The fourth-order valence-electron chi connectivity index (χ4n) is 2.97. The molecule has 0 radical (unpaired) electrons. The van der Waals surface area contributed by atoms with Gasteiger partial charge in [0, 0.05) is 37.7 Å². The van der Waals surface area contributed by atoms with Crippen molar-refractivity contribution in [3.8, 4) is 0 Å². The minimum atomic E-state index is -0.0899. The molecule has 0 saturated carbocycles. The van der Waals surface area contributed by atoms with Gasteiger partial charge in [-0.15, -0.1) is 0 Å². The van der Waals surface area contributed by atoms with Crippen molar-refractivity contribution in [3.63, 3.8) is 0 Å². The van der Waals surface area contributed by atoms with Crippen LogP contribution in [0.5, 0.6) is 0 Å². The molecular weight excluding hydrogens is 379 g/mol. The minimum absolute atomic E-state index is 0.0899. The molecule has 0 atom stereocenters. The van der Waals surface area contributed by atoms with Crippen LogP contribution in [0.2, 0.25) is 15.1 Å². The van der Waals surface area contributed by atoms with Crippen LogP contribution in [0.15, 0.2) is 42.5 Å². The second-order valence-corrected chi connectivity index (χ2v) is 7.36. The molecule has 1 amide bonds. The van der Waals surface area contributed by atoms with Gasteiger partial charge in [-0.3, -0.25) is 9.69 Å². The van der Waals surface area contributed by atoms with Crippen molar-refractivity contribution >= 4 is 40.7 Å². The Morgan fingerprint density at radius 3 is 2.08 bits per heavy atom. The summed E-state index contributed by atoms with van der Waals surface area (Å²) >= 11 is 18.2. The third-order valence-corrected chi connectivity index (χ3v) is 5.35. The van der Waals surface area contributed by atoms with E-state index in [-0.39, 0.29) is 5.91 Å². The van der Waals surface area contributed by atoms with Crippen molar-refractivity contribution in [2.24, 2.45) is 0 Å². The Hall–Kier alpha value is -1.26. The second-order valence-electron chi connectivity index (χ2n) is 6.11. The molecule has 0 bridgehead atoms. The molecule has 1 saturated heterocycles. The Kier molecular flexibility index (Phi) is 6.24. The molecule has 132 valence electrons. The zero-order valence-electron chi connectivity index (χ0n) is 13.7. The lowest BCUT2D eigenvalue weighted by atomic mass is 10.1. The SMILES string of the molecule is O=C(c1c(Cl)cccc1Cl)N1CCN(CCc2ccc(Cl)cc2)CC1. The summed E-state index contributed by atoms with van der Waals surface area (Å²) in [6, 6.07) is 13.1. The van der Waals surface area contributed by atoms with Crippen LogP contribution >= 0.6 is 34.8 Å². The Balaban J connectivity index is 1.53. The third kappa shape index (κ3) is 4.68. The molecule has 2 aromatic rings. The summed E-state index contributed by atoms with van der Waals surface area (Å²) < 4.78 is 0. The number of amides is 1. The van der Waals surface area contributed by atoms with Crippen LogP contribution in [-0.4, -0.2) is 48.4 Å². The van der Waals surface area contributed by atoms with Gasteiger partial charge in [-0.1, -0.05) is 53.0 Å². The highest BCUT2D eigenvalue weighted by molar-refractivity contribution is 6.39. The molecule has 6 heteroatoms. The van der Waals surface area contributed by atoms with Crippen molar-refractivity contribution in [3.05, 3.63) is 68.7 Å². The predicted molar refractivity (Wildman–Crippen MR) is 104 cm³/mol. The molecule has 3 rings (SSSR count). The fraction of sp³-hybridized carbons (Fsp3) is 0.316. The monoisotopic (exact) mass is 396 g/mol. The van der Waals surface area contributed by atoms with Crippen molar-refractivity contribution in [2.45, 2.75) is 6.42 Å². The molecule has 0 spiro atoms. The van der Waals surface area contributed by atoms with Crippen molar-refractivity contribution < 1.29 is 4.79 Å². The first-order chi connectivity index (χ1) is 12.0. The summed E-state index contributed by atoms with van der Waals surface area (Å²) in [6.07, 6.45) is 0.974. The van der Waals surface area contributed by atoms with Crippen molar-refractivity contribution in [1.29, 1.82) is 0 Å². The molecule has 1 fully saturated rings. The number of hydrogen-bond donors (Lipinski definition) is 0. The Labute approximate surface area is 163 Å². The lowest BCUT2D eigenvalue weighted by Crippen LogP contribution is -2.49. The Morgan fingerprint density at radius 2 is 1.48 bits per heavy atom. The van der Waals surface area contributed by atoms with E-state index in [0.29, 0.717) is 28.7 Å². The van der Waals surface area contributed by atoms with Crippen molar-refractivity contribution in [1.82, 2.24) is 9.80 Å². The molecular formula is C19H19Cl3N2O. The maximum atomic E-state index is 12.7. The number of halogens is 3. The molecule has 1 aliphatic rings. The highest BCUT2D eigenvalue weighted by atomic mass is 35.5. The van der Waals surface area contributed by atoms with E-state index in [1.54, 1.807) is 18.2 Å².